The quantitative estimate of drug-likeness (QED) is 0.894. The lowest BCUT2D eigenvalue weighted by Gasteiger charge is -2.39. The fourth-order valence-corrected chi connectivity index (χ4v) is 3.58. The van der Waals surface area contributed by atoms with E-state index < -0.39 is 0 Å². The first kappa shape index (κ1) is 15.0. The minimum Gasteiger partial charge on any atom is -0.313 e. The van der Waals surface area contributed by atoms with Gasteiger partial charge in [-0.1, -0.05) is 31.2 Å². The van der Waals surface area contributed by atoms with Crippen LogP contribution in [0, 0.1) is 5.41 Å². The Bertz CT molecular complexity index is 463. The summed E-state index contributed by atoms with van der Waals surface area (Å²) in [6, 6.07) is 9.40. The average molecular weight is 287 g/mol. The van der Waals surface area contributed by atoms with Gasteiger partial charge in [-0.05, 0) is 62.5 Å². The number of rotatable bonds is 3. The number of fused-ring (bicyclic) bond motifs is 1. The highest BCUT2D eigenvalue weighted by Gasteiger charge is 2.30. The number of piperidine rings is 1. The third kappa shape index (κ3) is 3.65. The Morgan fingerprint density at radius 2 is 2.05 bits per heavy atom. The predicted molar refractivity (Wildman–Crippen MR) is 88.3 cm³/mol. The molecule has 21 heavy (non-hydrogen) atoms. The van der Waals surface area contributed by atoms with Crippen molar-refractivity contribution in [3.8, 4) is 0 Å². The first-order valence-electron chi connectivity index (χ1n) is 8.37. The van der Waals surface area contributed by atoms with Gasteiger partial charge in [-0.25, -0.2) is 0 Å². The zero-order chi connectivity index (χ0) is 14.7. The van der Waals surface area contributed by atoms with Crippen molar-refractivity contribution in [3.05, 3.63) is 35.4 Å². The minimum absolute atomic E-state index is 0.460. The summed E-state index contributed by atoms with van der Waals surface area (Å²) in [4.78, 5) is 2.45. The van der Waals surface area contributed by atoms with Gasteiger partial charge in [-0.2, -0.15) is 0 Å². The van der Waals surface area contributed by atoms with E-state index in [0.29, 0.717) is 11.5 Å². The van der Waals surface area contributed by atoms with Crippen LogP contribution in [0.1, 0.15) is 43.4 Å². The van der Waals surface area contributed by atoms with Gasteiger partial charge in [-0.3, -0.25) is 0 Å². The average Bonchev–Trinajstić information content (AvgIpc) is 2.71. The predicted octanol–water partition coefficient (Wildman–Crippen LogP) is 2.54. The van der Waals surface area contributed by atoms with Gasteiger partial charge in [0.25, 0.3) is 0 Å². The maximum Gasteiger partial charge on any atom is 0.0335 e. The van der Waals surface area contributed by atoms with Crippen molar-refractivity contribution in [3.63, 3.8) is 0 Å². The van der Waals surface area contributed by atoms with Crippen molar-refractivity contribution in [2.45, 2.75) is 38.8 Å². The van der Waals surface area contributed by atoms with Crippen molar-refractivity contribution in [1.29, 1.82) is 0 Å². The number of hydrogen-bond donors (Lipinski definition) is 2. The molecule has 1 saturated heterocycles. The van der Waals surface area contributed by atoms with Crippen LogP contribution in [-0.2, 0) is 6.54 Å². The lowest BCUT2D eigenvalue weighted by Crippen LogP contribution is -2.43. The third-order valence-corrected chi connectivity index (χ3v) is 5.33. The van der Waals surface area contributed by atoms with Gasteiger partial charge in [0, 0.05) is 19.1 Å². The van der Waals surface area contributed by atoms with Crippen LogP contribution in [0.4, 0.5) is 0 Å². The summed E-state index contributed by atoms with van der Waals surface area (Å²) in [6.07, 6.45) is 3.80. The Balaban J connectivity index is 1.65. The normalized spacial score (nSPS) is 26.1. The molecule has 0 bridgehead atoms. The van der Waals surface area contributed by atoms with Gasteiger partial charge >= 0.3 is 0 Å². The second-order valence-corrected chi connectivity index (χ2v) is 7.21. The Kier molecular flexibility index (Phi) is 4.63. The van der Waals surface area contributed by atoms with E-state index in [-0.39, 0.29) is 0 Å². The molecule has 0 aromatic heterocycles. The summed E-state index contributed by atoms with van der Waals surface area (Å²) in [5, 5.41) is 7.42. The van der Waals surface area contributed by atoms with Gasteiger partial charge in [0.15, 0.2) is 0 Å². The van der Waals surface area contributed by atoms with E-state index in [1.807, 2.05) is 0 Å². The summed E-state index contributed by atoms with van der Waals surface area (Å²) in [5.41, 5.74) is 3.42. The van der Waals surface area contributed by atoms with Gasteiger partial charge in [0.05, 0.1) is 0 Å². The second-order valence-electron chi connectivity index (χ2n) is 7.21. The molecule has 1 fully saturated rings. The number of likely N-dealkylation sites (tertiary alicyclic amines) is 1. The molecule has 3 rings (SSSR count). The molecular formula is C18H29N3. The lowest BCUT2D eigenvalue weighted by molar-refractivity contribution is 0.133. The Morgan fingerprint density at radius 1 is 1.29 bits per heavy atom. The molecule has 2 aliphatic rings. The van der Waals surface area contributed by atoms with Gasteiger partial charge in [0.2, 0.25) is 0 Å². The van der Waals surface area contributed by atoms with Crippen LogP contribution in [0.5, 0.6) is 0 Å². The van der Waals surface area contributed by atoms with Crippen LogP contribution in [-0.4, -0.2) is 38.1 Å². The first-order valence-corrected chi connectivity index (χ1v) is 8.37. The molecule has 0 aliphatic carbocycles. The summed E-state index contributed by atoms with van der Waals surface area (Å²) in [7, 11) is 2.24. The Morgan fingerprint density at radius 3 is 2.86 bits per heavy atom. The van der Waals surface area contributed by atoms with E-state index in [1.54, 1.807) is 0 Å². The first-order chi connectivity index (χ1) is 10.2. The molecule has 0 saturated carbocycles. The van der Waals surface area contributed by atoms with Crippen LogP contribution in [0.25, 0.3) is 0 Å². The number of nitrogens with one attached hydrogen (secondary N) is 2. The lowest BCUT2D eigenvalue weighted by atomic mass is 9.80. The maximum atomic E-state index is 3.88. The zero-order valence-corrected chi connectivity index (χ0v) is 13.5. The molecular weight excluding hydrogens is 258 g/mol. The van der Waals surface area contributed by atoms with Crippen LogP contribution in [0.3, 0.4) is 0 Å². The summed E-state index contributed by atoms with van der Waals surface area (Å²) < 4.78 is 0. The number of nitrogens with zero attached hydrogens (tertiary/aromatic N) is 1. The Hall–Kier alpha value is -0.900. The Labute approximate surface area is 129 Å². The van der Waals surface area contributed by atoms with Crippen LogP contribution in [0.2, 0.25) is 0 Å². The fourth-order valence-electron chi connectivity index (χ4n) is 3.58. The molecule has 0 radical (unpaired) electrons. The van der Waals surface area contributed by atoms with Crippen LogP contribution < -0.4 is 10.6 Å². The third-order valence-electron chi connectivity index (χ3n) is 5.33. The van der Waals surface area contributed by atoms with E-state index in [0.717, 1.165) is 19.6 Å². The van der Waals surface area contributed by atoms with Gasteiger partial charge < -0.3 is 15.5 Å². The largest absolute Gasteiger partial charge is 0.313 e. The molecule has 1 atom stereocenters. The van der Waals surface area contributed by atoms with Crippen molar-refractivity contribution in [1.82, 2.24) is 15.5 Å². The van der Waals surface area contributed by atoms with Crippen molar-refractivity contribution < 1.29 is 0 Å². The highest BCUT2D eigenvalue weighted by Crippen LogP contribution is 2.31. The van der Waals surface area contributed by atoms with Crippen LogP contribution >= 0.6 is 0 Å². The smallest absolute Gasteiger partial charge is 0.0335 e. The molecule has 3 heteroatoms. The van der Waals surface area contributed by atoms with Crippen molar-refractivity contribution in [2.24, 2.45) is 5.41 Å². The molecule has 2 heterocycles. The SMILES string of the molecule is CN1CCC(C)(CNC2CCNCc3ccccc32)CC1. The highest BCUT2D eigenvalue weighted by molar-refractivity contribution is 5.31. The standard InChI is InChI=1S/C18H29N3/c1-18(8-11-21(2)12-9-18)14-20-17-7-10-19-13-15-5-3-4-6-16(15)17/h3-6,17,19-20H,7-14H2,1-2H3. The summed E-state index contributed by atoms with van der Waals surface area (Å²) in [5.74, 6) is 0. The zero-order valence-electron chi connectivity index (χ0n) is 13.5. The molecule has 1 aromatic carbocycles. The van der Waals surface area contributed by atoms with E-state index in [9.17, 15) is 0 Å². The minimum atomic E-state index is 0.460. The fraction of sp³-hybridized carbons (Fsp3) is 0.667. The highest BCUT2D eigenvalue weighted by atomic mass is 15.1. The second kappa shape index (κ2) is 6.47. The van der Waals surface area contributed by atoms with E-state index in [2.05, 4.69) is 53.8 Å². The molecule has 1 aromatic rings. The molecule has 0 spiro atoms. The molecule has 0 amide bonds. The van der Waals surface area contributed by atoms with Gasteiger partial charge in [-0.15, -0.1) is 0 Å². The molecule has 1 unspecified atom stereocenters. The maximum absolute atomic E-state index is 3.88. The molecule has 116 valence electrons. The molecule has 2 aliphatic heterocycles. The van der Waals surface area contributed by atoms with E-state index in [4.69, 9.17) is 0 Å². The topological polar surface area (TPSA) is 27.3 Å². The summed E-state index contributed by atoms with van der Waals surface area (Å²) in [6.45, 7) is 8.18. The number of benzene rings is 1. The summed E-state index contributed by atoms with van der Waals surface area (Å²) >= 11 is 0. The number of hydrogen-bond acceptors (Lipinski definition) is 3. The molecule has 2 N–H and O–H groups in total. The van der Waals surface area contributed by atoms with Crippen LogP contribution in [0.15, 0.2) is 24.3 Å². The van der Waals surface area contributed by atoms with E-state index >= 15 is 0 Å². The monoisotopic (exact) mass is 287 g/mol. The van der Waals surface area contributed by atoms with Gasteiger partial charge in [0.1, 0.15) is 0 Å². The van der Waals surface area contributed by atoms with E-state index in [1.165, 1.54) is 43.5 Å². The van der Waals surface area contributed by atoms with Crippen molar-refractivity contribution >= 4 is 0 Å². The van der Waals surface area contributed by atoms with Crippen molar-refractivity contribution in [2.75, 3.05) is 33.2 Å². The molecule has 3 nitrogen and oxygen atoms in total.